The third-order valence-electron chi connectivity index (χ3n) is 3.38. The highest BCUT2D eigenvalue weighted by atomic mass is 16.4. The van der Waals surface area contributed by atoms with E-state index in [1.807, 2.05) is 7.05 Å². The van der Waals surface area contributed by atoms with Gasteiger partial charge < -0.3 is 14.6 Å². The lowest BCUT2D eigenvalue weighted by molar-refractivity contribution is 0.498. The fraction of sp³-hybridized carbons (Fsp3) is 0.750. The van der Waals surface area contributed by atoms with Crippen molar-refractivity contribution in [2.24, 2.45) is 0 Å². The number of hydrogen-bond donors (Lipinski definition) is 1. The Morgan fingerprint density at radius 3 is 3.06 bits per heavy atom. The second-order valence-electron chi connectivity index (χ2n) is 4.55. The lowest BCUT2D eigenvalue weighted by Crippen LogP contribution is -2.34. The number of aromatic nitrogens is 1. The first-order valence-electron chi connectivity index (χ1n) is 6.13. The monoisotopic (exact) mass is 223 g/mol. The fourth-order valence-electron chi connectivity index (χ4n) is 2.49. The summed E-state index contributed by atoms with van der Waals surface area (Å²) in [4.78, 5) is 6.86. The van der Waals surface area contributed by atoms with Crippen LogP contribution < -0.4 is 10.2 Å². The summed E-state index contributed by atoms with van der Waals surface area (Å²) in [5.41, 5.74) is 0.978. The van der Waals surface area contributed by atoms with E-state index in [2.05, 4.69) is 29.0 Å². The first-order chi connectivity index (χ1) is 7.76. The maximum Gasteiger partial charge on any atom is 0.297 e. The van der Waals surface area contributed by atoms with Gasteiger partial charge in [0.05, 0.1) is 5.69 Å². The first-order valence-corrected chi connectivity index (χ1v) is 6.13. The molecule has 1 fully saturated rings. The normalized spacial score (nSPS) is 25.3. The molecule has 1 saturated heterocycles. The van der Waals surface area contributed by atoms with Crippen LogP contribution in [0.15, 0.2) is 10.7 Å². The van der Waals surface area contributed by atoms with Gasteiger partial charge in [0.25, 0.3) is 6.01 Å². The van der Waals surface area contributed by atoms with Gasteiger partial charge in [0.1, 0.15) is 6.26 Å². The first kappa shape index (κ1) is 11.5. The van der Waals surface area contributed by atoms with E-state index in [1.54, 1.807) is 6.26 Å². The van der Waals surface area contributed by atoms with Crippen molar-refractivity contribution in [3.63, 3.8) is 0 Å². The number of oxazole rings is 1. The summed E-state index contributed by atoms with van der Waals surface area (Å²) in [6, 6.07) is 1.93. The van der Waals surface area contributed by atoms with E-state index in [4.69, 9.17) is 4.42 Å². The maximum absolute atomic E-state index is 5.58. The molecule has 1 aromatic heterocycles. The van der Waals surface area contributed by atoms with Gasteiger partial charge in [-0.25, -0.2) is 0 Å². The van der Waals surface area contributed by atoms with Gasteiger partial charge in [-0.15, -0.1) is 0 Å². The Bertz CT molecular complexity index is 337. The second-order valence-corrected chi connectivity index (χ2v) is 4.55. The molecular formula is C12H21N3O. The number of rotatable bonds is 4. The highest BCUT2D eigenvalue weighted by Crippen LogP contribution is 2.31. The molecule has 2 heterocycles. The van der Waals surface area contributed by atoms with E-state index in [1.165, 1.54) is 12.8 Å². The van der Waals surface area contributed by atoms with Gasteiger partial charge in [-0.3, -0.25) is 0 Å². The van der Waals surface area contributed by atoms with Crippen LogP contribution >= 0.6 is 0 Å². The third kappa shape index (κ3) is 2.07. The number of nitrogens with zero attached hydrogens (tertiary/aromatic N) is 2. The summed E-state index contributed by atoms with van der Waals surface area (Å²) in [5, 5.41) is 3.08. The van der Waals surface area contributed by atoms with Crippen molar-refractivity contribution in [1.29, 1.82) is 0 Å². The van der Waals surface area contributed by atoms with E-state index in [9.17, 15) is 0 Å². The third-order valence-corrected chi connectivity index (χ3v) is 3.38. The molecule has 0 amide bonds. The van der Waals surface area contributed by atoms with Crippen molar-refractivity contribution in [2.75, 3.05) is 11.9 Å². The predicted molar refractivity (Wildman–Crippen MR) is 64.5 cm³/mol. The van der Waals surface area contributed by atoms with Crippen molar-refractivity contribution < 1.29 is 4.42 Å². The van der Waals surface area contributed by atoms with Crippen LogP contribution in [0.1, 0.15) is 38.8 Å². The van der Waals surface area contributed by atoms with Gasteiger partial charge in [-0.1, -0.05) is 6.92 Å². The Morgan fingerprint density at radius 2 is 2.38 bits per heavy atom. The predicted octanol–water partition coefficient (Wildman–Crippen LogP) is 2.16. The summed E-state index contributed by atoms with van der Waals surface area (Å²) in [5.74, 6) is 0. The lowest BCUT2D eigenvalue weighted by Gasteiger charge is -2.25. The summed E-state index contributed by atoms with van der Waals surface area (Å²) < 4.78 is 5.58. The molecule has 0 aromatic carbocycles. The molecular weight excluding hydrogens is 202 g/mol. The molecule has 4 nitrogen and oxygen atoms in total. The molecule has 1 aromatic rings. The molecule has 0 saturated carbocycles. The molecule has 0 aliphatic carbocycles. The Labute approximate surface area is 97.0 Å². The minimum absolute atomic E-state index is 0.547. The van der Waals surface area contributed by atoms with Crippen LogP contribution in [0.25, 0.3) is 0 Å². The standard InChI is InChI=1S/C12H21N3O/c1-4-11-6-5-9(2)15(11)12-14-10(7-13-3)8-16-12/h8-9,11,13H,4-7H2,1-3H3. The fourth-order valence-corrected chi connectivity index (χ4v) is 2.49. The lowest BCUT2D eigenvalue weighted by atomic mass is 10.2. The topological polar surface area (TPSA) is 41.3 Å². The average molecular weight is 223 g/mol. The van der Waals surface area contributed by atoms with E-state index < -0.39 is 0 Å². The SMILES string of the molecule is CCC1CCC(C)N1c1nc(CNC)co1. The summed E-state index contributed by atoms with van der Waals surface area (Å²) in [6.07, 6.45) is 5.40. The molecule has 2 rings (SSSR count). The number of anilines is 1. The Morgan fingerprint density at radius 1 is 1.56 bits per heavy atom. The summed E-state index contributed by atoms with van der Waals surface area (Å²) in [7, 11) is 1.92. The molecule has 1 aliphatic rings. The molecule has 1 aliphatic heterocycles. The highest BCUT2D eigenvalue weighted by Gasteiger charge is 2.32. The summed E-state index contributed by atoms with van der Waals surface area (Å²) >= 11 is 0. The van der Waals surface area contributed by atoms with E-state index in [-0.39, 0.29) is 0 Å². The Kier molecular flexibility index (Phi) is 3.49. The van der Waals surface area contributed by atoms with Crippen molar-refractivity contribution in [3.8, 4) is 0 Å². The van der Waals surface area contributed by atoms with Gasteiger partial charge in [0, 0.05) is 18.6 Å². The van der Waals surface area contributed by atoms with Crippen LogP contribution in [0.3, 0.4) is 0 Å². The van der Waals surface area contributed by atoms with Crippen LogP contribution in [0.2, 0.25) is 0 Å². The summed E-state index contributed by atoms with van der Waals surface area (Å²) in [6.45, 7) is 5.24. The zero-order valence-corrected chi connectivity index (χ0v) is 10.4. The zero-order valence-electron chi connectivity index (χ0n) is 10.4. The Hall–Kier alpha value is -1.03. The van der Waals surface area contributed by atoms with Gasteiger partial charge in [-0.2, -0.15) is 4.98 Å². The minimum atomic E-state index is 0.547. The maximum atomic E-state index is 5.58. The van der Waals surface area contributed by atoms with Crippen LogP contribution in [0.4, 0.5) is 6.01 Å². The molecule has 0 spiro atoms. The number of hydrogen-bond acceptors (Lipinski definition) is 4. The van der Waals surface area contributed by atoms with Crippen LogP contribution in [0, 0.1) is 0 Å². The smallest absolute Gasteiger partial charge is 0.297 e. The van der Waals surface area contributed by atoms with Crippen LogP contribution in [-0.2, 0) is 6.54 Å². The van der Waals surface area contributed by atoms with Gasteiger partial charge in [0.15, 0.2) is 0 Å². The number of nitrogens with one attached hydrogen (secondary N) is 1. The molecule has 2 atom stereocenters. The Balaban J connectivity index is 2.14. The van der Waals surface area contributed by atoms with E-state index >= 15 is 0 Å². The van der Waals surface area contributed by atoms with Gasteiger partial charge >= 0.3 is 0 Å². The molecule has 4 heteroatoms. The molecule has 2 unspecified atom stereocenters. The highest BCUT2D eigenvalue weighted by molar-refractivity contribution is 5.33. The molecule has 16 heavy (non-hydrogen) atoms. The molecule has 1 N–H and O–H groups in total. The quantitative estimate of drug-likeness (QED) is 0.849. The zero-order chi connectivity index (χ0) is 11.5. The largest absolute Gasteiger partial charge is 0.432 e. The van der Waals surface area contributed by atoms with E-state index in [0.717, 1.165) is 24.7 Å². The van der Waals surface area contributed by atoms with Gasteiger partial charge in [0.2, 0.25) is 0 Å². The second kappa shape index (κ2) is 4.87. The van der Waals surface area contributed by atoms with E-state index in [0.29, 0.717) is 12.1 Å². The van der Waals surface area contributed by atoms with Crippen molar-refractivity contribution in [2.45, 2.75) is 51.7 Å². The van der Waals surface area contributed by atoms with Crippen molar-refractivity contribution in [1.82, 2.24) is 10.3 Å². The molecule has 0 radical (unpaired) electrons. The van der Waals surface area contributed by atoms with Crippen molar-refractivity contribution in [3.05, 3.63) is 12.0 Å². The van der Waals surface area contributed by atoms with Crippen molar-refractivity contribution >= 4 is 6.01 Å². The average Bonchev–Trinajstić information content (AvgIpc) is 2.85. The van der Waals surface area contributed by atoms with Crippen LogP contribution in [0.5, 0.6) is 0 Å². The molecule has 0 bridgehead atoms. The minimum Gasteiger partial charge on any atom is -0.432 e. The van der Waals surface area contributed by atoms with Crippen LogP contribution in [-0.4, -0.2) is 24.1 Å². The van der Waals surface area contributed by atoms with Gasteiger partial charge in [-0.05, 0) is 33.2 Å². The molecule has 90 valence electrons.